The second-order valence-electron chi connectivity index (χ2n) is 5.79. The highest BCUT2D eigenvalue weighted by Gasteiger charge is 2.09. The number of rotatable bonds is 4. The average molecular weight is 351 g/mol. The molecule has 0 aliphatic carbocycles. The number of nitrogens with zero attached hydrogens (tertiary/aromatic N) is 2. The van der Waals surface area contributed by atoms with E-state index in [1.807, 2.05) is 53.2 Å². The molecule has 2 aromatic carbocycles. The zero-order valence-corrected chi connectivity index (χ0v) is 14.0. The molecule has 0 spiro atoms. The Hall–Kier alpha value is -3.05. The summed E-state index contributed by atoms with van der Waals surface area (Å²) in [4.78, 5) is 19.8. The summed E-state index contributed by atoms with van der Waals surface area (Å²) in [6.07, 6.45) is 5.34. The normalized spacial score (nSPS) is 10.9. The number of aromatic nitrogens is 3. The van der Waals surface area contributed by atoms with Crippen molar-refractivity contribution in [2.45, 2.75) is 6.54 Å². The number of nitrogens with one attached hydrogen (secondary N) is 2. The molecule has 4 rings (SSSR count). The minimum atomic E-state index is -0.184. The van der Waals surface area contributed by atoms with Gasteiger partial charge in [0.25, 0.3) is 5.91 Å². The van der Waals surface area contributed by atoms with Gasteiger partial charge in [-0.3, -0.25) is 4.79 Å². The molecule has 124 valence electrons. The van der Waals surface area contributed by atoms with Crippen LogP contribution >= 0.6 is 11.6 Å². The zero-order valence-electron chi connectivity index (χ0n) is 13.2. The summed E-state index contributed by atoms with van der Waals surface area (Å²) >= 11 is 6.00. The number of carbonyl (C=O) groups is 1. The van der Waals surface area contributed by atoms with Gasteiger partial charge in [0.2, 0.25) is 0 Å². The van der Waals surface area contributed by atoms with Crippen LogP contribution in [0.1, 0.15) is 15.9 Å². The second kappa shape index (κ2) is 6.45. The molecule has 5 nitrogen and oxygen atoms in total. The lowest BCUT2D eigenvalue weighted by molar-refractivity contribution is 0.102. The molecule has 0 saturated heterocycles. The topological polar surface area (TPSA) is 62.7 Å². The number of H-pyrrole nitrogens is 1. The highest BCUT2D eigenvalue weighted by Crippen LogP contribution is 2.16. The number of amides is 1. The lowest BCUT2D eigenvalue weighted by Crippen LogP contribution is -2.12. The lowest BCUT2D eigenvalue weighted by Gasteiger charge is -2.03. The molecule has 0 fully saturated rings. The molecule has 2 heterocycles. The maximum absolute atomic E-state index is 12.4. The monoisotopic (exact) mass is 350 g/mol. The molecule has 6 heteroatoms. The number of imidazole rings is 1. The Bertz CT molecular complexity index is 1050. The zero-order chi connectivity index (χ0) is 17.2. The molecule has 0 unspecified atom stereocenters. The van der Waals surface area contributed by atoms with Crippen LogP contribution < -0.4 is 5.32 Å². The number of anilines is 1. The van der Waals surface area contributed by atoms with Crippen LogP contribution in [0.15, 0.2) is 67.3 Å². The molecule has 2 aromatic heterocycles. The third-order valence-corrected chi connectivity index (χ3v) is 4.18. The predicted octanol–water partition coefficient (Wildman–Crippen LogP) is 4.32. The Morgan fingerprint density at radius 2 is 2.12 bits per heavy atom. The largest absolute Gasteiger partial charge is 0.361 e. The highest BCUT2D eigenvalue weighted by atomic mass is 35.5. The van der Waals surface area contributed by atoms with Crippen molar-refractivity contribution < 1.29 is 4.79 Å². The van der Waals surface area contributed by atoms with Crippen LogP contribution in [0.2, 0.25) is 5.02 Å². The van der Waals surface area contributed by atoms with E-state index in [0.29, 0.717) is 22.9 Å². The third kappa shape index (κ3) is 3.41. The van der Waals surface area contributed by atoms with E-state index < -0.39 is 0 Å². The number of benzene rings is 2. The van der Waals surface area contributed by atoms with Gasteiger partial charge >= 0.3 is 0 Å². The van der Waals surface area contributed by atoms with Crippen LogP contribution in [0.25, 0.3) is 10.9 Å². The van der Waals surface area contributed by atoms with Crippen molar-refractivity contribution in [3.8, 4) is 0 Å². The van der Waals surface area contributed by atoms with E-state index in [9.17, 15) is 4.79 Å². The summed E-state index contributed by atoms with van der Waals surface area (Å²) < 4.78 is 1.90. The van der Waals surface area contributed by atoms with E-state index >= 15 is 0 Å². The van der Waals surface area contributed by atoms with Crippen LogP contribution in [-0.2, 0) is 6.54 Å². The van der Waals surface area contributed by atoms with Crippen molar-refractivity contribution in [1.82, 2.24) is 14.5 Å². The van der Waals surface area contributed by atoms with Gasteiger partial charge in [0.05, 0.1) is 6.33 Å². The van der Waals surface area contributed by atoms with Crippen LogP contribution in [0.3, 0.4) is 0 Å². The number of carbonyl (C=O) groups excluding carboxylic acids is 1. The van der Waals surface area contributed by atoms with Gasteiger partial charge in [-0.05, 0) is 42.0 Å². The maximum Gasteiger partial charge on any atom is 0.256 e. The lowest BCUT2D eigenvalue weighted by atomic mass is 10.1. The molecular formula is C19H15ClN4O. The summed E-state index contributed by atoms with van der Waals surface area (Å²) in [5.74, 6) is 0.331. The van der Waals surface area contributed by atoms with Crippen LogP contribution in [0.5, 0.6) is 0 Å². The smallest absolute Gasteiger partial charge is 0.256 e. The van der Waals surface area contributed by atoms with Crippen molar-refractivity contribution >= 4 is 34.2 Å². The van der Waals surface area contributed by atoms with E-state index in [0.717, 1.165) is 16.5 Å². The molecule has 0 atom stereocenters. The quantitative estimate of drug-likeness (QED) is 0.575. The van der Waals surface area contributed by atoms with E-state index in [4.69, 9.17) is 11.6 Å². The minimum absolute atomic E-state index is 0.184. The fourth-order valence-corrected chi connectivity index (χ4v) is 2.95. The standard InChI is InChI=1S/C19H15ClN4O/c20-16-3-1-2-13(8-16)10-24-11-18(22-12-24)23-19(25)15-4-5-17-14(9-15)6-7-21-17/h1-9,11-12,21H,10H2,(H,23,25). The van der Waals surface area contributed by atoms with Crippen molar-refractivity contribution in [2.24, 2.45) is 0 Å². The van der Waals surface area contributed by atoms with E-state index in [1.54, 1.807) is 18.6 Å². The molecule has 0 radical (unpaired) electrons. The third-order valence-electron chi connectivity index (χ3n) is 3.94. The molecule has 2 N–H and O–H groups in total. The fraction of sp³-hybridized carbons (Fsp3) is 0.0526. The van der Waals surface area contributed by atoms with Gasteiger partial charge in [0.15, 0.2) is 5.82 Å². The van der Waals surface area contributed by atoms with Gasteiger partial charge in [-0.15, -0.1) is 0 Å². The van der Waals surface area contributed by atoms with Gasteiger partial charge in [-0.1, -0.05) is 23.7 Å². The van der Waals surface area contributed by atoms with Crippen molar-refractivity contribution in [3.05, 3.63) is 83.4 Å². The van der Waals surface area contributed by atoms with Crippen molar-refractivity contribution in [1.29, 1.82) is 0 Å². The summed E-state index contributed by atoms with van der Waals surface area (Å²) in [7, 11) is 0. The first kappa shape index (κ1) is 15.5. The number of hydrogen-bond donors (Lipinski definition) is 2. The SMILES string of the molecule is O=C(Nc1cn(Cc2cccc(Cl)c2)cn1)c1ccc2[nH]ccc2c1. The minimum Gasteiger partial charge on any atom is -0.361 e. The van der Waals surface area contributed by atoms with E-state index in [-0.39, 0.29) is 5.91 Å². The first-order valence-corrected chi connectivity index (χ1v) is 8.20. The average Bonchev–Trinajstić information content (AvgIpc) is 3.23. The Morgan fingerprint density at radius 3 is 3.00 bits per heavy atom. The Labute approximate surface area is 149 Å². The molecule has 0 saturated carbocycles. The maximum atomic E-state index is 12.4. The molecule has 0 bridgehead atoms. The Kier molecular flexibility index (Phi) is 3.99. The van der Waals surface area contributed by atoms with Gasteiger partial charge in [-0.25, -0.2) is 4.98 Å². The number of fused-ring (bicyclic) bond motifs is 1. The van der Waals surface area contributed by atoms with Crippen LogP contribution in [-0.4, -0.2) is 20.4 Å². The van der Waals surface area contributed by atoms with Gasteiger partial charge in [0, 0.05) is 40.4 Å². The summed E-state index contributed by atoms with van der Waals surface area (Å²) in [6.45, 7) is 0.638. The van der Waals surface area contributed by atoms with E-state index in [1.165, 1.54) is 0 Å². The predicted molar refractivity (Wildman–Crippen MR) is 99.0 cm³/mol. The van der Waals surface area contributed by atoms with Crippen molar-refractivity contribution in [2.75, 3.05) is 5.32 Å². The molecule has 1 amide bonds. The molecule has 25 heavy (non-hydrogen) atoms. The van der Waals surface area contributed by atoms with Gasteiger partial charge in [-0.2, -0.15) is 0 Å². The molecule has 4 aromatic rings. The Morgan fingerprint density at radius 1 is 1.20 bits per heavy atom. The molecular weight excluding hydrogens is 336 g/mol. The van der Waals surface area contributed by atoms with Gasteiger partial charge < -0.3 is 14.9 Å². The summed E-state index contributed by atoms with van der Waals surface area (Å²) in [6, 6.07) is 15.1. The summed E-state index contributed by atoms with van der Waals surface area (Å²) in [5, 5.41) is 4.52. The molecule has 0 aliphatic heterocycles. The van der Waals surface area contributed by atoms with Crippen LogP contribution in [0, 0.1) is 0 Å². The summed E-state index contributed by atoms with van der Waals surface area (Å²) in [5.41, 5.74) is 2.67. The van der Waals surface area contributed by atoms with Crippen LogP contribution in [0.4, 0.5) is 5.82 Å². The number of halogens is 1. The van der Waals surface area contributed by atoms with E-state index in [2.05, 4.69) is 15.3 Å². The highest BCUT2D eigenvalue weighted by molar-refractivity contribution is 6.30. The Balaban J connectivity index is 1.47. The second-order valence-corrected chi connectivity index (χ2v) is 6.23. The fourth-order valence-electron chi connectivity index (χ4n) is 2.74. The number of aromatic amines is 1. The van der Waals surface area contributed by atoms with Crippen molar-refractivity contribution in [3.63, 3.8) is 0 Å². The van der Waals surface area contributed by atoms with Gasteiger partial charge in [0.1, 0.15) is 0 Å². The number of hydrogen-bond acceptors (Lipinski definition) is 2. The first-order valence-electron chi connectivity index (χ1n) is 7.82. The molecule has 0 aliphatic rings. The first-order chi connectivity index (χ1) is 12.2.